The van der Waals surface area contributed by atoms with Gasteiger partial charge in [0.05, 0.1) is 13.2 Å². The smallest absolute Gasteiger partial charge is 0.160 e. The number of phenolic OH excluding ortho intramolecular Hbond substituents is 2. The van der Waals surface area contributed by atoms with E-state index in [9.17, 15) is 15.3 Å². The van der Waals surface area contributed by atoms with Crippen LogP contribution in [0.15, 0.2) is 42.5 Å². The van der Waals surface area contributed by atoms with Crippen LogP contribution in [0.1, 0.15) is 17.2 Å². The SMILES string of the molecule is COc1ccc(CCNC[C@H](O)c2ccc(O)cc2)cc1O. The molecule has 5 heteroatoms. The number of aliphatic hydroxyl groups excluding tert-OH is 1. The second kappa shape index (κ2) is 7.68. The van der Waals surface area contributed by atoms with Gasteiger partial charge in [-0.25, -0.2) is 0 Å². The van der Waals surface area contributed by atoms with E-state index in [2.05, 4.69) is 5.32 Å². The van der Waals surface area contributed by atoms with Crippen molar-refractivity contribution in [1.82, 2.24) is 5.32 Å². The molecule has 0 heterocycles. The van der Waals surface area contributed by atoms with Crippen LogP contribution in [0, 0.1) is 0 Å². The van der Waals surface area contributed by atoms with Crippen molar-refractivity contribution in [3.63, 3.8) is 0 Å². The van der Waals surface area contributed by atoms with Crippen LogP contribution in [0.3, 0.4) is 0 Å². The van der Waals surface area contributed by atoms with E-state index < -0.39 is 6.10 Å². The first-order valence-electron chi connectivity index (χ1n) is 7.13. The minimum absolute atomic E-state index is 0.129. The largest absolute Gasteiger partial charge is 0.508 e. The number of methoxy groups -OCH3 is 1. The predicted octanol–water partition coefficient (Wildman–Crippen LogP) is 1.97. The van der Waals surface area contributed by atoms with Crippen molar-refractivity contribution in [2.45, 2.75) is 12.5 Å². The number of phenols is 2. The fourth-order valence-corrected chi connectivity index (χ4v) is 2.18. The second-order valence-electron chi connectivity index (χ2n) is 5.07. The molecule has 2 aromatic carbocycles. The molecule has 4 N–H and O–H groups in total. The fourth-order valence-electron chi connectivity index (χ4n) is 2.18. The lowest BCUT2D eigenvalue weighted by atomic mass is 10.1. The molecule has 0 saturated heterocycles. The molecule has 0 aliphatic carbocycles. The third kappa shape index (κ3) is 4.38. The molecule has 0 bridgehead atoms. The Labute approximate surface area is 129 Å². The molecule has 2 rings (SSSR count). The van der Waals surface area contributed by atoms with Gasteiger partial charge in [-0.3, -0.25) is 0 Å². The Balaban J connectivity index is 1.77. The van der Waals surface area contributed by atoms with Crippen LogP contribution in [0.25, 0.3) is 0 Å². The Morgan fingerprint density at radius 3 is 2.45 bits per heavy atom. The summed E-state index contributed by atoms with van der Waals surface area (Å²) in [6.07, 6.45) is 0.115. The van der Waals surface area contributed by atoms with Gasteiger partial charge in [-0.15, -0.1) is 0 Å². The van der Waals surface area contributed by atoms with E-state index >= 15 is 0 Å². The van der Waals surface area contributed by atoms with Gasteiger partial charge in [-0.1, -0.05) is 18.2 Å². The summed E-state index contributed by atoms with van der Waals surface area (Å²) < 4.78 is 5.00. The zero-order chi connectivity index (χ0) is 15.9. The van der Waals surface area contributed by atoms with Gasteiger partial charge in [-0.2, -0.15) is 0 Å². The Hall–Kier alpha value is -2.24. The number of rotatable bonds is 7. The molecule has 5 nitrogen and oxygen atoms in total. The number of hydrogen-bond donors (Lipinski definition) is 4. The highest BCUT2D eigenvalue weighted by atomic mass is 16.5. The van der Waals surface area contributed by atoms with E-state index in [4.69, 9.17) is 4.74 Å². The van der Waals surface area contributed by atoms with Crippen molar-refractivity contribution in [2.24, 2.45) is 0 Å². The van der Waals surface area contributed by atoms with Crippen LogP contribution in [0.4, 0.5) is 0 Å². The number of nitrogens with one attached hydrogen (secondary N) is 1. The first kappa shape index (κ1) is 16.1. The maximum absolute atomic E-state index is 10.0. The van der Waals surface area contributed by atoms with Crippen LogP contribution >= 0.6 is 0 Å². The molecule has 118 valence electrons. The maximum atomic E-state index is 10.0. The van der Waals surface area contributed by atoms with E-state index in [1.54, 1.807) is 36.4 Å². The molecular formula is C17H21NO4. The predicted molar refractivity (Wildman–Crippen MR) is 84.3 cm³/mol. The van der Waals surface area contributed by atoms with Crippen LogP contribution in [-0.2, 0) is 6.42 Å². The zero-order valence-electron chi connectivity index (χ0n) is 12.5. The van der Waals surface area contributed by atoms with Crippen LogP contribution in [-0.4, -0.2) is 35.5 Å². The maximum Gasteiger partial charge on any atom is 0.160 e. The monoisotopic (exact) mass is 303 g/mol. The molecule has 0 unspecified atom stereocenters. The van der Waals surface area contributed by atoms with E-state index in [1.165, 1.54) is 7.11 Å². The molecule has 0 fully saturated rings. The highest BCUT2D eigenvalue weighted by Gasteiger charge is 2.07. The molecule has 0 saturated carbocycles. The Kier molecular flexibility index (Phi) is 5.63. The molecule has 0 aromatic heterocycles. The zero-order valence-corrected chi connectivity index (χ0v) is 12.5. The Morgan fingerprint density at radius 1 is 1.09 bits per heavy atom. The van der Waals surface area contributed by atoms with Crippen LogP contribution < -0.4 is 10.1 Å². The summed E-state index contributed by atoms with van der Waals surface area (Å²) in [6.45, 7) is 1.10. The van der Waals surface area contributed by atoms with Gasteiger partial charge in [0, 0.05) is 6.54 Å². The summed E-state index contributed by atoms with van der Waals surface area (Å²) in [5.41, 5.74) is 1.75. The topological polar surface area (TPSA) is 82.0 Å². The third-order valence-electron chi connectivity index (χ3n) is 3.45. The Bertz CT molecular complexity index is 598. The van der Waals surface area contributed by atoms with Gasteiger partial charge in [-0.05, 0) is 48.4 Å². The van der Waals surface area contributed by atoms with E-state index in [1.807, 2.05) is 6.07 Å². The highest BCUT2D eigenvalue weighted by molar-refractivity contribution is 5.41. The fraction of sp³-hybridized carbons (Fsp3) is 0.294. The minimum Gasteiger partial charge on any atom is -0.508 e. The van der Waals surface area contributed by atoms with Gasteiger partial charge in [0.1, 0.15) is 5.75 Å². The van der Waals surface area contributed by atoms with Crippen LogP contribution in [0.2, 0.25) is 0 Å². The quantitative estimate of drug-likeness (QED) is 0.588. The first-order valence-corrected chi connectivity index (χ1v) is 7.13. The van der Waals surface area contributed by atoms with Crippen molar-refractivity contribution in [2.75, 3.05) is 20.2 Å². The van der Waals surface area contributed by atoms with Crippen molar-refractivity contribution >= 4 is 0 Å². The lowest BCUT2D eigenvalue weighted by Crippen LogP contribution is -2.23. The van der Waals surface area contributed by atoms with Gasteiger partial charge in [0.2, 0.25) is 0 Å². The van der Waals surface area contributed by atoms with E-state index in [0.29, 0.717) is 18.8 Å². The van der Waals surface area contributed by atoms with Gasteiger partial charge in [0.25, 0.3) is 0 Å². The lowest BCUT2D eigenvalue weighted by molar-refractivity contribution is 0.175. The molecular weight excluding hydrogens is 282 g/mol. The third-order valence-corrected chi connectivity index (χ3v) is 3.45. The summed E-state index contributed by atoms with van der Waals surface area (Å²) in [5.74, 6) is 0.770. The summed E-state index contributed by atoms with van der Waals surface area (Å²) in [4.78, 5) is 0. The standard InChI is InChI=1S/C17H21NO4/c1-22-17-7-2-12(10-15(17)20)8-9-18-11-16(21)13-3-5-14(19)6-4-13/h2-7,10,16,18-21H,8-9,11H2,1H3/t16-/m0/s1. The number of benzene rings is 2. The number of ether oxygens (including phenoxy) is 1. The van der Waals surface area contributed by atoms with Crippen molar-refractivity contribution in [3.05, 3.63) is 53.6 Å². The lowest BCUT2D eigenvalue weighted by Gasteiger charge is -2.12. The highest BCUT2D eigenvalue weighted by Crippen LogP contribution is 2.26. The van der Waals surface area contributed by atoms with Crippen molar-refractivity contribution in [1.29, 1.82) is 0 Å². The van der Waals surface area contributed by atoms with Gasteiger partial charge >= 0.3 is 0 Å². The first-order chi connectivity index (χ1) is 10.6. The molecule has 0 aliphatic rings. The van der Waals surface area contributed by atoms with Crippen molar-refractivity contribution < 1.29 is 20.1 Å². The molecule has 22 heavy (non-hydrogen) atoms. The minimum atomic E-state index is -0.620. The average Bonchev–Trinajstić information content (AvgIpc) is 2.52. The summed E-state index contributed by atoms with van der Waals surface area (Å²) in [6, 6.07) is 11.8. The number of aliphatic hydroxyl groups is 1. The molecule has 2 aromatic rings. The molecule has 0 amide bonds. The average molecular weight is 303 g/mol. The Morgan fingerprint density at radius 2 is 1.82 bits per heavy atom. The second-order valence-corrected chi connectivity index (χ2v) is 5.07. The van der Waals surface area contributed by atoms with Gasteiger partial charge in [0.15, 0.2) is 11.5 Å². The molecule has 1 atom stereocenters. The van der Waals surface area contributed by atoms with E-state index in [-0.39, 0.29) is 11.5 Å². The summed E-state index contributed by atoms with van der Waals surface area (Å²) in [7, 11) is 1.51. The normalized spacial score (nSPS) is 12.1. The molecule has 0 radical (unpaired) electrons. The van der Waals surface area contributed by atoms with Crippen LogP contribution in [0.5, 0.6) is 17.2 Å². The number of aromatic hydroxyl groups is 2. The molecule has 0 spiro atoms. The van der Waals surface area contributed by atoms with Gasteiger partial charge < -0.3 is 25.4 Å². The summed E-state index contributed by atoms with van der Waals surface area (Å²) in [5, 5.41) is 32.1. The summed E-state index contributed by atoms with van der Waals surface area (Å²) >= 11 is 0. The molecule has 0 aliphatic heterocycles. The van der Waals surface area contributed by atoms with Crippen molar-refractivity contribution in [3.8, 4) is 17.2 Å². The van der Waals surface area contributed by atoms with E-state index in [0.717, 1.165) is 17.5 Å². The number of hydrogen-bond acceptors (Lipinski definition) is 5.